The number of halogens is 1. The molecular formula is C12H18INO. The molecule has 84 valence electrons. The second kappa shape index (κ2) is 7.19. The van der Waals surface area contributed by atoms with Crippen LogP contribution in [0.1, 0.15) is 24.9 Å². The fourth-order valence-electron chi connectivity index (χ4n) is 1.48. The van der Waals surface area contributed by atoms with Gasteiger partial charge in [0.1, 0.15) is 0 Å². The standard InChI is InChI=1S/C12H18INO/c1-3-7-14-12(9-15-2)10-5-4-6-11(13)8-10/h4-6,8,12,14H,3,7,9H2,1-2H3. The van der Waals surface area contributed by atoms with Crippen molar-refractivity contribution in [2.24, 2.45) is 0 Å². The Morgan fingerprint density at radius 2 is 2.27 bits per heavy atom. The number of nitrogens with one attached hydrogen (secondary N) is 1. The van der Waals surface area contributed by atoms with Gasteiger partial charge in [-0.15, -0.1) is 0 Å². The molecule has 0 saturated carbocycles. The second-order valence-corrected chi connectivity index (χ2v) is 4.76. The van der Waals surface area contributed by atoms with E-state index in [4.69, 9.17) is 4.74 Å². The van der Waals surface area contributed by atoms with Crippen molar-refractivity contribution in [2.75, 3.05) is 20.3 Å². The third-order valence-corrected chi connectivity index (χ3v) is 2.90. The largest absolute Gasteiger partial charge is 0.383 e. The van der Waals surface area contributed by atoms with Crippen LogP contribution in [0.5, 0.6) is 0 Å². The molecule has 0 amide bonds. The molecule has 0 bridgehead atoms. The average molecular weight is 319 g/mol. The van der Waals surface area contributed by atoms with Gasteiger partial charge in [-0.05, 0) is 53.3 Å². The molecule has 2 nitrogen and oxygen atoms in total. The summed E-state index contributed by atoms with van der Waals surface area (Å²) in [4.78, 5) is 0. The molecule has 0 spiro atoms. The van der Waals surface area contributed by atoms with Crippen molar-refractivity contribution < 1.29 is 4.74 Å². The van der Waals surface area contributed by atoms with Crippen LogP contribution in [0, 0.1) is 3.57 Å². The Morgan fingerprint density at radius 1 is 1.47 bits per heavy atom. The lowest BCUT2D eigenvalue weighted by Gasteiger charge is -2.18. The fourth-order valence-corrected chi connectivity index (χ4v) is 2.05. The van der Waals surface area contributed by atoms with Crippen molar-refractivity contribution >= 4 is 22.6 Å². The molecule has 1 aromatic carbocycles. The Hall–Kier alpha value is -0.130. The Bertz CT molecular complexity index is 291. The highest BCUT2D eigenvalue weighted by atomic mass is 127. The van der Waals surface area contributed by atoms with Gasteiger partial charge in [-0.25, -0.2) is 0 Å². The molecule has 0 heterocycles. The zero-order valence-corrected chi connectivity index (χ0v) is 11.5. The van der Waals surface area contributed by atoms with Crippen LogP contribution in [-0.2, 0) is 4.74 Å². The molecule has 1 atom stereocenters. The summed E-state index contributed by atoms with van der Waals surface area (Å²) in [5.74, 6) is 0. The van der Waals surface area contributed by atoms with Crippen molar-refractivity contribution in [3.05, 3.63) is 33.4 Å². The Labute approximate surface area is 106 Å². The summed E-state index contributed by atoms with van der Waals surface area (Å²) in [5, 5.41) is 3.49. The van der Waals surface area contributed by atoms with Crippen LogP contribution in [0.2, 0.25) is 0 Å². The van der Waals surface area contributed by atoms with E-state index in [2.05, 4.69) is 59.1 Å². The molecule has 15 heavy (non-hydrogen) atoms. The van der Waals surface area contributed by atoms with Gasteiger partial charge in [0.15, 0.2) is 0 Å². The van der Waals surface area contributed by atoms with E-state index in [0.29, 0.717) is 6.04 Å². The van der Waals surface area contributed by atoms with Crippen molar-refractivity contribution in [3.8, 4) is 0 Å². The topological polar surface area (TPSA) is 21.3 Å². The maximum absolute atomic E-state index is 5.23. The number of hydrogen-bond donors (Lipinski definition) is 1. The first-order valence-corrected chi connectivity index (χ1v) is 6.33. The molecule has 0 aliphatic carbocycles. The van der Waals surface area contributed by atoms with E-state index < -0.39 is 0 Å². The van der Waals surface area contributed by atoms with E-state index in [1.807, 2.05) is 0 Å². The molecule has 1 N–H and O–H groups in total. The SMILES string of the molecule is CCCNC(COC)c1cccc(I)c1. The minimum absolute atomic E-state index is 0.310. The van der Waals surface area contributed by atoms with Crippen LogP contribution in [0.25, 0.3) is 0 Å². The number of methoxy groups -OCH3 is 1. The predicted molar refractivity (Wildman–Crippen MR) is 72.1 cm³/mol. The first-order valence-electron chi connectivity index (χ1n) is 5.25. The van der Waals surface area contributed by atoms with E-state index in [1.54, 1.807) is 7.11 Å². The van der Waals surface area contributed by atoms with Crippen molar-refractivity contribution in [3.63, 3.8) is 0 Å². The monoisotopic (exact) mass is 319 g/mol. The van der Waals surface area contributed by atoms with Gasteiger partial charge >= 0.3 is 0 Å². The van der Waals surface area contributed by atoms with Crippen LogP contribution < -0.4 is 5.32 Å². The van der Waals surface area contributed by atoms with Crippen LogP contribution in [0.15, 0.2) is 24.3 Å². The third-order valence-electron chi connectivity index (χ3n) is 2.23. The Balaban J connectivity index is 2.69. The number of ether oxygens (including phenoxy) is 1. The van der Waals surface area contributed by atoms with Gasteiger partial charge in [0, 0.05) is 10.7 Å². The van der Waals surface area contributed by atoms with Crippen LogP contribution in [0.4, 0.5) is 0 Å². The number of hydrogen-bond acceptors (Lipinski definition) is 2. The summed E-state index contributed by atoms with van der Waals surface area (Å²) in [7, 11) is 1.74. The molecule has 0 fully saturated rings. The molecule has 1 aromatic rings. The lowest BCUT2D eigenvalue weighted by atomic mass is 10.1. The lowest BCUT2D eigenvalue weighted by molar-refractivity contribution is 0.167. The van der Waals surface area contributed by atoms with Crippen molar-refractivity contribution in [2.45, 2.75) is 19.4 Å². The first-order chi connectivity index (χ1) is 7.27. The highest BCUT2D eigenvalue weighted by molar-refractivity contribution is 14.1. The summed E-state index contributed by atoms with van der Waals surface area (Å²) < 4.78 is 6.50. The van der Waals surface area contributed by atoms with E-state index in [1.165, 1.54) is 9.13 Å². The average Bonchev–Trinajstić information content (AvgIpc) is 2.24. The summed E-state index contributed by atoms with van der Waals surface area (Å²) in [6.45, 7) is 3.92. The van der Waals surface area contributed by atoms with Gasteiger partial charge in [0.05, 0.1) is 12.6 Å². The normalized spacial score (nSPS) is 12.7. The van der Waals surface area contributed by atoms with Crippen LogP contribution in [-0.4, -0.2) is 20.3 Å². The van der Waals surface area contributed by atoms with Crippen LogP contribution >= 0.6 is 22.6 Å². The molecule has 1 unspecified atom stereocenters. The maximum Gasteiger partial charge on any atom is 0.0657 e. The van der Waals surface area contributed by atoms with Crippen LogP contribution in [0.3, 0.4) is 0 Å². The fraction of sp³-hybridized carbons (Fsp3) is 0.500. The zero-order chi connectivity index (χ0) is 11.1. The van der Waals surface area contributed by atoms with Gasteiger partial charge in [-0.2, -0.15) is 0 Å². The number of benzene rings is 1. The molecule has 3 heteroatoms. The highest BCUT2D eigenvalue weighted by Gasteiger charge is 2.09. The van der Waals surface area contributed by atoms with Gasteiger partial charge < -0.3 is 10.1 Å². The molecule has 0 aliphatic rings. The molecule has 1 rings (SSSR count). The first kappa shape index (κ1) is 12.9. The quantitative estimate of drug-likeness (QED) is 0.814. The third kappa shape index (κ3) is 4.49. The van der Waals surface area contributed by atoms with E-state index in [-0.39, 0.29) is 0 Å². The predicted octanol–water partition coefficient (Wildman–Crippen LogP) is 2.98. The van der Waals surface area contributed by atoms with E-state index in [0.717, 1.165) is 19.6 Å². The maximum atomic E-state index is 5.23. The summed E-state index contributed by atoms with van der Waals surface area (Å²) in [6.07, 6.45) is 1.14. The molecule has 0 aliphatic heterocycles. The smallest absolute Gasteiger partial charge is 0.0657 e. The summed E-state index contributed by atoms with van der Waals surface area (Å²) in [5.41, 5.74) is 1.30. The van der Waals surface area contributed by atoms with E-state index >= 15 is 0 Å². The van der Waals surface area contributed by atoms with E-state index in [9.17, 15) is 0 Å². The second-order valence-electron chi connectivity index (χ2n) is 3.52. The van der Waals surface area contributed by atoms with Gasteiger partial charge in [0.2, 0.25) is 0 Å². The summed E-state index contributed by atoms with van der Waals surface area (Å²) in [6, 6.07) is 8.85. The summed E-state index contributed by atoms with van der Waals surface area (Å²) >= 11 is 2.34. The molecule has 0 saturated heterocycles. The highest BCUT2D eigenvalue weighted by Crippen LogP contribution is 2.16. The van der Waals surface area contributed by atoms with Crippen molar-refractivity contribution in [1.29, 1.82) is 0 Å². The minimum Gasteiger partial charge on any atom is -0.383 e. The molecule has 0 aromatic heterocycles. The minimum atomic E-state index is 0.310. The number of rotatable bonds is 6. The Morgan fingerprint density at radius 3 is 2.87 bits per heavy atom. The Kier molecular flexibility index (Phi) is 6.20. The van der Waals surface area contributed by atoms with Crippen molar-refractivity contribution in [1.82, 2.24) is 5.32 Å². The molecular weight excluding hydrogens is 301 g/mol. The van der Waals surface area contributed by atoms with Gasteiger partial charge in [-0.3, -0.25) is 0 Å². The van der Waals surface area contributed by atoms with Gasteiger partial charge in [0.25, 0.3) is 0 Å². The molecule has 0 radical (unpaired) electrons. The zero-order valence-electron chi connectivity index (χ0n) is 9.29. The lowest BCUT2D eigenvalue weighted by Crippen LogP contribution is -2.25. The van der Waals surface area contributed by atoms with Gasteiger partial charge in [-0.1, -0.05) is 19.1 Å².